The van der Waals surface area contributed by atoms with E-state index < -0.39 is 0 Å². The Bertz CT molecular complexity index is 513. The lowest BCUT2D eigenvalue weighted by molar-refractivity contribution is -0.119. The van der Waals surface area contributed by atoms with Crippen LogP contribution in [0.2, 0.25) is 0 Å². The number of rotatable bonds is 1. The summed E-state index contributed by atoms with van der Waals surface area (Å²) < 4.78 is 0. The molecular weight excluding hydrogens is 224 g/mol. The third-order valence-corrected chi connectivity index (χ3v) is 4.89. The zero-order chi connectivity index (χ0) is 12.9. The molecule has 2 saturated carbocycles. The SMILES string of the molecule is CC1(C)C2CC(c3ccccc3)C1C(=CO)C2=O. The molecule has 2 fully saturated rings. The molecule has 0 radical (unpaired) electrons. The average molecular weight is 242 g/mol. The van der Waals surface area contributed by atoms with Gasteiger partial charge in [-0.25, -0.2) is 0 Å². The van der Waals surface area contributed by atoms with Gasteiger partial charge < -0.3 is 5.11 Å². The highest BCUT2D eigenvalue weighted by Gasteiger charge is 2.61. The van der Waals surface area contributed by atoms with Gasteiger partial charge in [0.25, 0.3) is 0 Å². The Hall–Kier alpha value is -1.57. The second kappa shape index (κ2) is 3.71. The maximum atomic E-state index is 12.2. The summed E-state index contributed by atoms with van der Waals surface area (Å²) in [5, 5.41) is 9.37. The number of allylic oxidation sites excluding steroid dienone is 1. The van der Waals surface area contributed by atoms with Crippen molar-refractivity contribution in [2.45, 2.75) is 26.2 Å². The first-order valence-electron chi connectivity index (χ1n) is 6.50. The fraction of sp³-hybridized carbons (Fsp3) is 0.438. The zero-order valence-corrected chi connectivity index (χ0v) is 10.8. The van der Waals surface area contributed by atoms with Crippen molar-refractivity contribution in [3.63, 3.8) is 0 Å². The van der Waals surface area contributed by atoms with Crippen molar-refractivity contribution < 1.29 is 9.90 Å². The molecule has 2 aliphatic rings. The molecule has 0 aliphatic heterocycles. The lowest BCUT2D eigenvalue weighted by atomic mass is 9.76. The maximum absolute atomic E-state index is 12.2. The molecule has 3 unspecified atom stereocenters. The van der Waals surface area contributed by atoms with Crippen LogP contribution in [0.3, 0.4) is 0 Å². The van der Waals surface area contributed by atoms with Gasteiger partial charge in [-0.15, -0.1) is 0 Å². The van der Waals surface area contributed by atoms with Crippen LogP contribution in [0.25, 0.3) is 0 Å². The molecule has 0 heterocycles. The van der Waals surface area contributed by atoms with Crippen molar-refractivity contribution in [1.29, 1.82) is 0 Å². The average Bonchev–Trinajstić information content (AvgIpc) is 2.74. The fourth-order valence-corrected chi connectivity index (χ4v) is 4.02. The van der Waals surface area contributed by atoms with E-state index >= 15 is 0 Å². The second-order valence-corrected chi connectivity index (χ2v) is 6.05. The highest BCUT2D eigenvalue weighted by Crippen LogP contribution is 2.63. The van der Waals surface area contributed by atoms with Crippen LogP contribution in [0, 0.1) is 17.3 Å². The summed E-state index contributed by atoms with van der Waals surface area (Å²) in [6, 6.07) is 10.3. The summed E-state index contributed by atoms with van der Waals surface area (Å²) in [5.74, 6) is 0.732. The van der Waals surface area contributed by atoms with E-state index in [0.717, 1.165) is 12.7 Å². The van der Waals surface area contributed by atoms with E-state index in [4.69, 9.17) is 0 Å². The smallest absolute Gasteiger partial charge is 0.165 e. The zero-order valence-electron chi connectivity index (χ0n) is 10.8. The lowest BCUT2D eigenvalue weighted by Gasteiger charge is -2.27. The van der Waals surface area contributed by atoms with Crippen molar-refractivity contribution in [3.05, 3.63) is 47.7 Å². The molecule has 94 valence electrons. The van der Waals surface area contributed by atoms with Gasteiger partial charge in [-0.05, 0) is 23.3 Å². The number of aliphatic hydroxyl groups is 1. The predicted octanol–water partition coefficient (Wildman–Crippen LogP) is 3.46. The number of fused-ring (bicyclic) bond motifs is 2. The van der Waals surface area contributed by atoms with Crippen LogP contribution in [-0.4, -0.2) is 10.9 Å². The Morgan fingerprint density at radius 2 is 1.94 bits per heavy atom. The van der Waals surface area contributed by atoms with Gasteiger partial charge in [-0.2, -0.15) is 0 Å². The van der Waals surface area contributed by atoms with Crippen molar-refractivity contribution in [1.82, 2.24) is 0 Å². The molecule has 1 aromatic rings. The van der Waals surface area contributed by atoms with Gasteiger partial charge in [0.2, 0.25) is 0 Å². The summed E-state index contributed by atoms with van der Waals surface area (Å²) in [6.07, 6.45) is 1.96. The van der Waals surface area contributed by atoms with Crippen molar-refractivity contribution >= 4 is 5.78 Å². The van der Waals surface area contributed by atoms with Crippen LogP contribution in [0.1, 0.15) is 31.7 Å². The topological polar surface area (TPSA) is 37.3 Å². The Labute approximate surface area is 107 Å². The summed E-state index contributed by atoms with van der Waals surface area (Å²) in [4.78, 5) is 12.2. The van der Waals surface area contributed by atoms with Crippen molar-refractivity contribution in [3.8, 4) is 0 Å². The van der Waals surface area contributed by atoms with E-state index in [-0.39, 0.29) is 23.0 Å². The minimum absolute atomic E-state index is 0.0356. The molecule has 2 bridgehead atoms. The standard InChI is InChI=1S/C16H18O2/c1-16(2)13-8-11(10-6-4-3-5-7-10)14(16)12(9-17)15(13)18/h3-7,9,11,13-14,17H,8H2,1-2H3. The monoisotopic (exact) mass is 242 g/mol. The predicted molar refractivity (Wildman–Crippen MR) is 70.3 cm³/mol. The third-order valence-electron chi connectivity index (χ3n) is 4.89. The quantitative estimate of drug-likeness (QED) is 0.605. The third kappa shape index (κ3) is 1.32. The minimum Gasteiger partial charge on any atom is -0.515 e. The molecule has 3 atom stereocenters. The molecule has 1 N–H and O–H groups in total. The molecule has 0 amide bonds. The van der Waals surface area contributed by atoms with E-state index in [1.807, 2.05) is 18.2 Å². The van der Waals surface area contributed by atoms with Gasteiger partial charge in [0, 0.05) is 17.4 Å². The van der Waals surface area contributed by atoms with Crippen molar-refractivity contribution in [2.75, 3.05) is 0 Å². The Morgan fingerprint density at radius 3 is 2.50 bits per heavy atom. The van der Waals surface area contributed by atoms with E-state index in [1.165, 1.54) is 5.56 Å². The Kier molecular flexibility index (Phi) is 2.37. The van der Waals surface area contributed by atoms with Crippen LogP contribution in [0.15, 0.2) is 42.2 Å². The Morgan fingerprint density at radius 1 is 1.28 bits per heavy atom. The van der Waals surface area contributed by atoms with Gasteiger partial charge in [-0.3, -0.25) is 4.79 Å². The summed E-state index contributed by atoms with van der Waals surface area (Å²) in [7, 11) is 0. The largest absolute Gasteiger partial charge is 0.515 e. The van der Waals surface area contributed by atoms with E-state index in [2.05, 4.69) is 26.0 Å². The van der Waals surface area contributed by atoms with Gasteiger partial charge in [-0.1, -0.05) is 44.2 Å². The number of carbonyl (C=O) groups excluding carboxylic acids is 1. The van der Waals surface area contributed by atoms with Crippen molar-refractivity contribution in [2.24, 2.45) is 17.3 Å². The van der Waals surface area contributed by atoms with Crippen LogP contribution in [-0.2, 0) is 4.79 Å². The van der Waals surface area contributed by atoms with E-state index in [1.54, 1.807) is 0 Å². The summed E-state index contributed by atoms with van der Waals surface area (Å²) >= 11 is 0. The molecule has 2 aliphatic carbocycles. The van der Waals surface area contributed by atoms with E-state index in [9.17, 15) is 9.90 Å². The fourth-order valence-electron chi connectivity index (χ4n) is 4.02. The molecule has 2 heteroatoms. The highest BCUT2D eigenvalue weighted by molar-refractivity contribution is 6.02. The molecule has 0 spiro atoms. The van der Waals surface area contributed by atoms with Crippen LogP contribution >= 0.6 is 0 Å². The summed E-state index contributed by atoms with van der Waals surface area (Å²) in [6.45, 7) is 4.30. The van der Waals surface area contributed by atoms with Crippen LogP contribution in [0.4, 0.5) is 0 Å². The number of hydrogen-bond acceptors (Lipinski definition) is 2. The van der Waals surface area contributed by atoms with E-state index in [0.29, 0.717) is 11.5 Å². The number of benzene rings is 1. The molecule has 18 heavy (non-hydrogen) atoms. The lowest BCUT2D eigenvalue weighted by Crippen LogP contribution is -2.20. The molecule has 0 saturated heterocycles. The number of ketones is 1. The normalized spacial score (nSPS) is 35.3. The van der Waals surface area contributed by atoms with Crippen LogP contribution in [0.5, 0.6) is 0 Å². The van der Waals surface area contributed by atoms with Gasteiger partial charge >= 0.3 is 0 Å². The molecule has 0 aromatic heterocycles. The highest BCUT2D eigenvalue weighted by atomic mass is 16.2. The number of Topliss-reactive ketones (excluding diaryl/α,β-unsaturated/α-hetero) is 1. The minimum atomic E-state index is -0.0356. The first-order chi connectivity index (χ1) is 8.57. The number of aliphatic hydroxyl groups excluding tert-OH is 1. The number of carbonyl (C=O) groups is 1. The molecule has 1 aromatic carbocycles. The Balaban J connectivity index is 2.06. The molecule has 3 rings (SSSR count). The van der Waals surface area contributed by atoms with Gasteiger partial charge in [0.15, 0.2) is 5.78 Å². The number of hydrogen-bond donors (Lipinski definition) is 1. The first kappa shape index (κ1) is 11.5. The van der Waals surface area contributed by atoms with Gasteiger partial charge in [0.1, 0.15) is 0 Å². The molecule has 2 nitrogen and oxygen atoms in total. The second-order valence-electron chi connectivity index (χ2n) is 6.05. The van der Waals surface area contributed by atoms with Gasteiger partial charge in [0.05, 0.1) is 6.26 Å². The first-order valence-corrected chi connectivity index (χ1v) is 6.50. The maximum Gasteiger partial charge on any atom is 0.165 e. The summed E-state index contributed by atoms with van der Waals surface area (Å²) in [5.41, 5.74) is 1.88. The van der Waals surface area contributed by atoms with Crippen LogP contribution < -0.4 is 0 Å². The molecular formula is C16H18O2.